The number of hydrogen-bond donors (Lipinski definition) is 1. The van der Waals surface area contributed by atoms with Crippen LogP contribution in [-0.4, -0.2) is 7.11 Å². The molecular formula is C21H19BrFNO2. The molecule has 0 amide bonds. The Balaban J connectivity index is 1.72. The monoisotopic (exact) mass is 415 g/mol. The van der Waals surface area contributed by atoms with Crippen LogP contribution in [0.25, 0.3) is 0 Å². The highest BCUT2D eigenvalue weighted by Crippen LogP contribution is 2.37. The van der Waals surface area contributed by atoms with Crippen molar-refractivity contribution >= 4 is 21.6 Å². The summed E-state index contributed by atoms with van der Waals surface area (Å²) in [6.07, 6.45) is 0. The number of para-hydroxylation sites is 1. The molecule has 3 nitrogen and oxygen atoms in total. The number of hydrogen-bond acceptors (Lipinski definition) is 3. The van der Waals surface area contributed by atoms with Gasteiger partial charge in [0.15, 0.2) is 11.5 Å². The van der Waals surface area contributed by atoms with Crippen LogP contribution in [0.2, 0.25) is 0 Å². The largest absolute Gasteiger partial charge is 0.493 e. The Hall–Kier alpha value is -2.53. The summed E-state index contributed by atoms with van der Waals surface area (Å²) in [5.74, 6) is 0.945. The molecule has 0 saturated heterocycles. The van der Waals surface area contributed by atoms with Gasteiger partial charge in [-0.3, -0.25) is 0 Å². The van der Waals surface area contributed by atoms with Gasteiger partial charge in [-0.05, 0) is 63.5 Å². The van der Waals surface area contributed by atoms with E-state index in [9.17, 15) is 4.39 Å². The highest BCUT2D eigenvalue weighted by Gasteiger charge is 2.12. The van der Waals surface area contributed by atoms with Crippen LogP contribution in [0.15, 0.2) is 71.2 Å². The topological polar surface area (TPSA) is 30.5 Å². The second kappa shape index (κ2) is 8.72. The molecule has 0 heterocycles. The zero-order valence-corrected chi connectivity index (χ0v) is 15.9. The van der Waals surface area contributed by atoms with Gasteiger partial charge in [-0.15, -0.1) is 0 Å². The predicted molar refractivity (Wildman–Crippen MR) is 105 cm³/mol. The van der Waals surface area contributed by atoms with Crippen LogP contribution in [0.3, 0.4) is 0 Å². The molecule has 3 aromatic rings. The second-order valence-electron chi connectivity index (χ2n) is 5.75. The quantitative estimate of drug-likeness (QED) is 0.529. The van der Waals surface area contributed by atoms with Crippen LogP contribution in [0.1, 0.15) is 11.1 Å². The molecule has 0 saturated carbocycles. The van der Waals surface area contributed by atoms with Gasteiger partial charge >= 0.3 is 0 Å². The summed E-state index contributed by atoms with van der Waals surface area (Å²) in [6, 6.07) is 20.3. The molecule has 0 aliphatic heterocycles. The lowest BCUT2D eigenvalue weighted by atomic mass is 10.2. The Morgan fingerprint density at radius 3 is 2.50 bits per heavy atom. The molecule has 0 unspecified atom stereocenters. The molecule has 0 aliphatic rings. The summed E-state index contributed by atoms with van der Waals surface area (Å²) in [7, 11) is 1.60. The first-order valence-corrected chi connectivity index (χ1v) is 8.97. The molecule has 0 aliphatic carbocycles. The van der Waals surface area contributed by atoms with Crippen molar-refractivity contribution in [3.63, 3.8) is 0 Å². The van der Waals surface area contributed by atoms with Crippen molar-refractivity contribution in [2.24, 2.45) is 0 Å². The van der Waals surface area contributed by atoms with Gasteiger partial charge in [0, 0.05) is 12.2 Å². The van der Waals surface area contributed by atoms with Gasteiger partial charge in [0.2, 0.25) is 0 Å². The third-order valence-corrected chi connectivity index (χ3v) is 4.42. The number of rotatable bonds is 7. The molecule has 5 heteroatoms. The maximum Gasteiger partial charge on any atom is 0.175 e. The molecule has 0 fully saturated rings. The third-order valence-electron chi connectivity index (χ3n) is 3.83. The molecule has 0 aromatic heterocycles. The zero-order chi connectivity index (χ0) is 18.4. The van der Waals surface area contributed by atoms with Crippen molar-refractivity contribution in [3.8, 4) is 11.5 Å². The van der Waals surface area contributed by atoms with E-state index in [0.29, 0.717) is 18.0 Å². The highest BCUT2D eigenvalue weighted by atomic mass is 79.9. The summed E-state index contributed by atoms with van der Waals surface area (Å²) < 4.78 is 25.4. The predicted octanol–water partition coefficient (Wildman–Crippen LogP) is 5.79. The number of anilines is 1. The van der Waals surface area contributed by atoms with E-state index in [2.05, 4.69) is 21.2 Å². The summed E-state index contributed by atoms with van der Waals surface area (Å²) >= 11 is 3.55. The number of halogens is 2. The Morgan fingerprint density at radius 1 is 0.962 bits per heavy atom. The van der Waals surface area contributed by atoms with E-state index in [4.69, 9.17) is 9.47 Å². The Morgan fingerprint density at radius 2 is 1.77 bits per heavy atom. The first-order valence-electron chi connectivity index (χ1n) is 8.18. The fraction of sp³-hybridized carbons (Fsp3) is 0.143. The lowest BCUT2D eigenvalue weighted by Crippen LogP contribution is -2.03. The first-order chi connectivity index (χ1) is 12.7. The third kappa shape index (κ3) is 4.76. The molecule has 3 aromatic carbocycles. The van der Waals surface area contributed by atoms with Gasteiger partial charge in [0.25, 0.3) is 0 Å². The maximum absolute atomic E-state index is 13.3. The van der Waals surface area contributed by atoms with E-state index in [1.165, 1.54) is 12.1 Å². The number of methoxy groups -OCH3 is 1. The molecule has 26 heavy (non-hydrogen) atoms. The van der Waals surface area contributed by atoms with Gasteiger partial charge in [0.05, 0.1) is 11.6 Å². The lowest BCUT2D eigenvalue weighted by molar-refractivity contribution is 0.282. The van der Waals surface area contributed by atoms with E-state index in [-0.39, 0.29) is 12.4 Å². The van der Waals surface area contributed by atoms with E-state index in [1.807, 2.05) is 48.5 Å². The minimum absolute atomic E-state index is 0.258. The van der Waals surface area contributed by atoms with Crippen molar-refractivity contribution in [1.82, 2.24) is 0 Å². The molecule has 0 spiro atoms. The van der Waals surface area contributed by atoms with Crippen molar-refractivity contribution in [2.45, 2.75) is 13.2 Å². The maximum atomic E-state index is 13.3. The summed E-state index contributed by atoms with van der Waals surface area (Å²) in [6.45, 7) is 0.914. The average molecular weight is 416 g/mol. The van der Waals surface area contributed by atoms with Gasteiger partial charge in [0.1, 0.15) is 12.4 Å². The highest BCUT2D eigenvalue weighted by molar-refractivity contribution is 9.10. The summed E-state index contributed by atoms with van der Waals surface area (Å²) in [5, 5.41) is 3.36. The molecule has 1 N–H and O–H groups in total. The molecule has 3 rings (SSSR count). The van der Waals surface area contributed by atoms with Gasteiger partial charge < -0.3 is 14.8 Å². The van der Waals surface area contributed by atoms with Crippen LogP contribution in [0, 0.1) is 5.82 Å². The Labute approximate surface area is 160 Å². The molecule has 134 valence electrons. The molecule has 0 atom stereocenters. The first kappa shape index (κ1) is 18.3. The van der Waals surface area contributed by atoms with Crippen molar-refractivity contribution < 1.29 is 13.9 Å². The Kier molecular flexibility index (Phi) is 6.12. The zero-order valence-electron chi connectivity index (χ0n) is 14.3. The van der Waals surface area contributed by atoms with Crippen molar-refractivity contribution in [2.75, 3.05) is 12.4 Å². The van der Waals surface area contributed by atoms with Crippen molar-refractivity contribution in [3.05, 3.63) is 88.1 Å². The summed E-state index contributed by atoms with van der Waals surface area (Å²) in [5.41, 5.74) is 2.86. The molecule has 0 radical (unpaired) electrons. The van der Waals surface area contributed by atoms with Crippen molar-refractivity contribution in [1.29, 1.82) is 0 Å². The average Bonchev–Trinajstić information content (AvgIpc) is 2.66. The van der Waals surface area contributed by atoms with Crippen LogP contribution < -0.4 is 14.8 Å². The number of benzene rings is 3. The molecule has 0 bridgehead atoms. The second-order valence-corrected chi connectivity index (χ2v) is 6.60. The lowest BCUT2D eigenvalue weighted by Gasteiger charge is -2.15. The summed E-state index contributed by atoms with van der Waals surface area (Å²) in [4.78, 5) is 0. The van der Waals surface area contributed by atoms with Crippen LogP contribution >= 0.6 is 15.9 Å². The van der Waals surface area contributed by atoms with E-state index >= 15 is 0 Å². The van der Waals surface area contributed by atoms with Gasteiger partial charge in [-0.2, -0.15) is 0 Å². The SMILES string of the molecule is COc1cc(CNc2ccccc2)cc(Br)c1OCc1cccc(F)c1. The van der Waals surface area contributed by atoms with Gasteiger partial charge in [-0.25, -0.2) is 4.39 Å². The smallest absolute Gasteiger partial charge is 0.175 e. The Bertz CT molecular complexity index is 871. The minimum atomic E-state index is -0.278. The minimum Gasteiger partial charge on any atom is -0.493 e. The molecular weight excluding hydrogens is 397 g/mol. The number of ether oxygens (including phenoxy) is 2. The van der Waals surface area contributed by atoms with E-state index < -0.39 is 0 Å². The number of nitrogens with one attached hydrogen (secondary N) is 1. The van der Waals surface area contributed by atoms with Gasteiger partial charge in [-0.1, -0.05) is 30.3 Å². The van der Waals surface area contributed by atoms with E-state index in [0.717, 1.165) is 21.3 Å². The fourth-order valence-corrected chi connectivity index (χ4v) is 3.16. The van der Waals surface area contributed by atoms with Crippen LogP contribution in [0.5, 0.6) is 11.5 Å². The van der Waals surface area contributed by atoms with Crippen LogP contribution in [-0.2, 0) is 13.2 Å². The van der Waals surface area contributed by atoms with Crippen LogP contribution in [0.4, 0.5) is 10.1 Å². The normalized spacial score (nSPS) is 10.4. The fourth-order valence-electron chi connectivity index (χ4n) is 2.56. The van der Waals surface area contributed by atoms with E-state index in [1.54, 1.807) is 13.2 Å². The standard InChI is InChI=1S/C21H19BrFNO2/c1-25-20-12-16(13-24-18-8-3-2-4-9-18)11-19(22)21(20)26-14-15-6-5-7-17(23)10-15/h2-12,24H,13-14H2,1H3.